The Bertz CT molecular complexity index is 1050. The number of nitrogens with zero attached hydrogens (tertiary/aromatic N) is 2. The Hall–Kier alpha value is -2.84. The number of amides is 2. The lowest BCUT2D eigenvalue weighted by Gasteiger charge is -2.33. The maximum absolute atomic E-state index is 13.0. The second-order valence-corrected chi connectivity index (χ2v) is 11.9. The maximum Gasteiger partial charge on any atom is 0.309 e. The Morgan fingerprint density at radius 1 is 0.800 bits per heavy atom. The van der Waals surface area contributed by atoms with Crippen LogP contribution in [0.25, 0.3) is 0 Å². The van der Waals surface area contributed by atoms with E-state index in [1.165, 1.54) is 19.3 Å². The van der Waals surface area contributed by atoms with Crippen molar-refractivity contribution in [3.05, 3.63) is 0 Å². The number of carbonyl (C=O) groups is 4. The van der Waals surface area contributed by atoms with Gasteiger partial charge in [0.15, 0.2) is 0 Å². The molecule has 5 fully saturated rings. The van der Waals surface area contributed by atoms with Crippen molar-refractivity contribution in [3.8, 4) is 12.5 Å². The molecule has 0 radical (unpaired) electrons. The molecule has 6 unspecified atom stereocenters. The third-order valence-corrected chi connectivity index (χ3v) is 9.88. The predicted octanol–water partition coefficient (Wildman–Crippen LogP) is 2.02. The number of terminal acetylenes is 1. The van der Waals surface area contributed by atoms with E-state index in [0.717, 1.165) is 12.8 Å². The molecular weight excluding hydrogens is 520 g/mol. The van der Waals surface area contributed by atoms with Crippen molar-refractivity contribution in [3.63, 3.8) is 0 Å². The Kier molecular flexibility index (Phi) is 8.30. The SMILES string of the molecule is C#COC1CCC2(C(=O)N2CCCN2C(=O)C23CCC(OCCOC2CCCCC2)CC3C(=O)O)C(C(=O)O)C1. The van der Waals surface area contributed by atoms with E-state index in [1.807, 2.05) is 0 Å². The van der Waals surface area contributed by atoms with Crippen LogP contribution in [0.2, 0.25) is 0 Å². The number of aliphatic carboxylic acids is 2. The van der Waals surface area contributed by atoms with Gasteiger partial charge in [0, 0.05) is 19.5 Å². The Balaban J connectivity index is 1.10. The van der Waals surface area contributed by atoms with Crippen molar-refractivity contribution in [2.75, 3.05) is 26.3 Å². The summed E-state index contributed by atoms with van der Waals surface area (Å²) >= 11 is 0. The molecular formula is C29H40N2O9. The highest BCUT2D eigenvalue weighted by Gasteiger charge is 2.71. The van der Waals surface area contributed by atoms with Gasteiger partial charge in [0.25, 0.3) is 0 Å². The van der Waals surface area contributed by atoms with E-state index in [4.69, 9.17) is 20.6 Å². The fourth-order valence-corrected chi connectivity index (χ4v) is 7.68. The molecule has 0 aromatic carbocycles. The van der Waals surface area contributed by atoms with Crippen molar-refractivity contribution in [2.24, 2.45) is 11.8 Å². The fraction of sp³-hybridized carbons (Fsp3) is 0.793. The van der Waals surface area contributed by atoms with E-state index in [1.54, 1.807) is 9.80 Å². The normalized spacial score (nSPS) is 35.6. The van der Waals surface area contributed by atoms with Gasteiger partial charge in [-0.1, -0.05) is 25.7 Å². The molecule has 3 saturated carbocycles. The first-order valence-electron chi connectivity index (χ1n) is 14.7. The number of carboxylic acid groups (broad SMARTS) is 2. The Morgan fingerprint density at radius 2 is 1.30 bits per heavy atom. The van der Waals surface area contributed by atoms with E-state index in [-0.39, 0.29) is 30.8 Å². The van der Waals surface area contributed by atoms with E-state index in [9.17, 15) is 29.4 Å². The van der Waals surface area contributed by atoms with Crippen LogP contribution in [-0.4, -0.2) is 99.5 Å². The number of ether oxygens (including phenoxy) is 3. The molecule has 6 atom stereocenters. The molecule has 2 aliphatic heterocycles. The van der Waals surface area contributed by atoms with Gasteiger partial charge in [-0.25, -0.2) is 0 Å². The summed E-state index contributed by atoms with van der Waals surface area (Å²) < 4.78 is 17.0. The summed E-state index contributed by atoms with van der Waals surface area (Å²) in [6.07, 6.45) is 15.6. The molecule has 40 heavy (non-hydrogen) atoms. The first kappa shape index (κ1) is 28.7. The molecule has 3 aliphatic carbocycles. The van der Waals surface area contributed by atoms with Crippen molar-refractivity contribution in [2.45, 2.75) is 106 Å². The summed E-state index contributed by atoms with van der Waals surface area (Å²) in [5.41, 5.74) is -2.06. The number of hydrogen-bond donors (Lipinski definition) is 2. The minimum Gasteiger partial charge on any atom is -0.481 e. The molecule has 2 saturated heterocycles. The molecule has 11 nitrogen and oxygen atoms in total. The third-order valence-electron chi connectivity index (χ3n) is 9.88. The number of hydrogen-bond acceptors (Lipinski definition) is 7. The van der Waals surface area contributed by atoms with Gasteiger partial charge in [0.2, 0.25) is 11.8 Å². The highest BCUT2D eigenvalue weighted by Crippen LogP contribution is 2.53. The van der Waals surface area contributed by atoms with Crippen LogP contribution in [0.15, 0.2) is 0 Å². The zero-order valence-corrected chi connectivity index (χ0v) is 22.9. The third kappa shape index (κ3) is 5.16. The van der Waals surface area contributed by atoms with E-state index in [2.05, 4.69) is 6.11 Å². The van der Waals surface area contributed by atoms with Crippen molar-refractivity contribution in [1.82, 2.24) is 9.80 Å². The molecule has 5 aliphatic rings. The lowest BCUT2D eigenvalue weighted by Crippen LogP contribution is -2.44. The highest BCUT2D eigenvalue weighted by molar-refractivity contribution is 6.07. The van der Waals surface area contributed by atoms with E-state index >= 15 is 0 Å². The molecule has 0 aromatic heterocycles. The van der Waals surface area contributed by atoms with Gasteiger partial charge in [-0.2, -0.15) is 0 Å². The van der Waals surface area contributed by atoms with Crippen LogP contribution in [0.3, 0.4) is 0 Å². The summed E-state index contributed by atoms with van der Waals surface area (Å²) in [4.78, 5) is 53.1. The minimum atomic E-state index is -1.05. The second-order valence-electron chi connectivity index (χ2n) is 11.9. The van der Waals surface area contributed by atoms with Gasteiger partial charge in [-0.15, -0.1) is 0 Å². The topological polar surface area (TPSA) is 142 Å². The van der Waals surface area contributed by atoms with Crippen LogP contribution >= 0.6 is 0 Å². The van der Waals surface area contributed by atoms with Gasteiger partial charge in [0.1, 0.15) is 23.3 Å². The Morgan fingerprint density at radius 3 is 1.82 bits per heavy atom. The van der Waals surface area contributed by atoms with Crippen LogP contribution in [0.5, 0.6) is 0 Å². The number of carbonyl (C=O) groups excluding carboxylic acids is 2. The van der Waals surface area contributed by atoms with E-state index < -0.39 is 41.0 Å². The van der Waals surface area contributed by atoms with Crippen molar-refractivity contribution in [1.29, 1.82) is 0 Å². The van der Waals surface area contributed by atoms with E-state index in [0.29, 0.717) is 64.5 Å². The van der Waals surface area contributed by atoms with Gasteiger partial charge in [0.05, 0.1) is 37.3 Å². The molecule has 2 spiro atoms. The zero-order chi connectivity index (χ0) is 28.5. The van der Waals surface area contributed by atoms with Gasteiger partial charge < -0.3 is 34.2 Å². The average Bonchev–Trinajstić information content (AvgIpc) is 3.72. The summed E-state index contributed by atoms with van der Waals surface area (Å²) in [5.74, 6) is -4.17. The second kappa shape index (κ2) is 11.6. The molecule has 5 rings (SSSR count). The van der Waals surface area contributed by atoms with Crippen molar-refractivity contribution >= 4 is 23.8 Å². The smallest absolute Gasteiger partial charge is 0.309 e. The monoisotopic (exact) mass is 560 g/mol. The molecule has 0 aromatic rings. The summed E-state index contributed by atoms with van der Waals surface area (Å²) in [7, 11) is 0. The molecule has 220 valence electrons. The summed E-state index contributed by atoms with van der Waals surface area (Å²) in [5, 5.41) is 19.8. The van der Waals surface area contributed by atoms with Crippen LogP contribution < -0.4 is 0 Å². The first-order valence-corrected chi connectivity index (χ1v) is 14.7. The van der Waals surface area contributed by atoms with Gasteiger partial charge in [-0.05, 0) is 51.4 Å². The molecule has 11 heteroatoms. The summed E-state index contributed by atoms with van der Waals surface area (Å²) in [6, 6.07) is 0. The molecule has 0 bridgehead atoms. The number of carboxylic acids is 2. The molecule has 2 N–H and O–H groups in total. The highest BCUT2D eigenvalue weighted by atomic mass is 16.5. The summed E-state index contributed by atoms with van der Waals surface area (Å²) in [6.45, 7) is 1.54. The fourth-order valence-electron chi connectivity index (χ4n) is 7.68. The quantitative estimate of drug-likeness (QED) is 0.208. The lowest BCUT2D eigenvalue weighted by atomic mass is 9.76. The van der Waals surface area contributed by atoms with Gasteiger partial charge in [-0.3, -0.25) is 19.2 Å². The zero-order valence-electron chi connectivity index (χ0n) is 22.9. The minimum absolute atomic E-state index is 0.166. The molecule has 2 amide bonds. The van der Waals surface area contributed by atoms with Gasteiger partial charge >= 0.3 is 11.9 Å². The Labute approximate surface area is 234 Å². The van der Waals surface area contributed by atoms with Crippen LogP contribution in [0.1, 0.15) is 77.0 Å². The average molecular weight is 561 g/mol. The van der Waals surface area contributed by atoms with Crippen molar-refractivity contribution < 1.29 is 43.6 Å². The molecule has 2 heterocycles. The van der Waals surface area contributed by atoms with Crippen LogP contribution in [0, 0.1) is 24.4 Å². The van der Waals surface area contributed by atoms with Crippen LogP contribution in [0.4, 0.5) is 0 Å². The predicted molar refractivity (Wildman–Crippen MR) is 140 cm³/mol. The number of rotatable bonds is 12. The van der Waals surface area contributed by atoms with Crippen LogP contribution in [-0.2, 0) is 33.4 Å². The first-order chi connectivity index (χ1) is 19.3. The standard InChI is InChI=1S/C29H40N2O9/c1-2-38-20-9-11-28(22(17-20)24(32)33)26(36)30(28)13-6-14-31-27(37)29(31)12-10-21(18-23(29)25(34)35)40-16-15-39-19-7-4-3-5-8-19/h1,19-23H,3-18H2,(H,32,33)(H,34,35). The largest absolute Gasteiger partial charge is 0.481 e. The maximum atomic E-state index is 13.0. The lowest BCUT2D eigenvalue weighted by molar-refractivity contribution is -0.148.